The quantitative estimate of drug-likeness (QED) is 0.0759. The Labute approximate surface area is 240 Å². The average molecular weight is 615 g/mol. The summed E-state index contributed by atoms with van der Waals surface area (Å²) in [6, 6.07) is -2.24. The summed E-state index contributed by atoms with van der Waals surface area (Å²) in [5.74, 6) is -1.48. The predicted octanol–water partition coefficient (Wildman–Crippen LogP) is 0.952. The van der Waals surface area contributed by atoms with E-state index in [-0.39, 0.29) is 36.2 Å². The van der Waals surface area contributed by atoms with Gasteiger partial charge in [-0.15, -0.1) is 0 Å². The molecule has 1 aliphatic rings. The number of aromatic nitrogens is 4. The van der Waals surface area contributed by atoms with E-state index in [9.17, 15) is 24.8 Å². The van der Waals surface area contributed by atoms with Gasteiger partial charge in [0.1, 0.15) is 23.7 Å². The lowest BCUT2D eigenvalue weighted by Crippen LogP contribution is -2.44. The van der Waals surface area contributed by atoms with Crippen LogP contribution in [-0.2, 0) is 32.9 Å². The monoisotopic (exact) mass is 614 g/mol. The Balaban J connectivity index is 1.92. The van der Waals surface area contributed by atoms with E-state index in [1.54, 1.807) is 13.8 Å². The number of nitrogens with zero attached hydrogens (tertiary/aromatic N) is 7. The molecule has 0 radical (unpaired) electrons. The second kappa shape index (κ2) is 13.6. The van der Waals surface area contributed by atoms with E-state index in [2.05, 4.69) is 35.2 Å². The lowest BCUT2D eigenvalue weighted by Gasteiger charge is -2.28. The normalized spacial score (nSPS) is 24.8. The fraction of sp³-hybridized carbons (Fsp3) is 0.682. The number of nitrogens with two attached hydrogens (primary N) is 1. The van der Waals surface area contributed by atoms with Crippen molar-refractivity contribution in [2.24, 2.45) is 5.11 Å². The first kappa shape index (κ1) is 32.9. The second-order valence-electron chi connectivity index (χ2n) is 9.36. The fourth-order valence-electron chi connectivity index (χ4n) is 4.24. The highest BCUT2D eigenvalue weighted by Gasteiger charge is 2.55. The van der Waals surface area contributed by atoms with Crippen molar-refractivity contribution in [2.75, 3.05) is 32.7 Å². The van der Waals surface area contributed by atoms with Crippen molar-refractivity contribution in [2.45, 2.75) is 70.7 Å². The summed E-state index contributed by atoms with van der Waals surface area (Å²) in [7, 11) is -2.85. The van der Waals surface area contributed by atoms with Gasteiger partial charge in [0.2, 0.25) is 11.8 Å². The van der Waals surface area contributed by atoms with E-state index in [1.807, 2.05) is 0 Å². The van der Waals surface area contributed by atoms with Crippen molar-refractivity contribution in [1.82, 2.24) is 29.7 Å². The molecule has 1 saturated heterocycles. The van der Waals surface area contributed by atoms with Crippen molar-refractivity contribution in [3.8, 4) is 5.88 Å². The van der Waals surface area contributed by atoms with Crippen LogP contribution in [0, 0.1) is 0 Å². The van der Waals surface area contributed by atoms with Crippen LogP contribution in [0.4, 0.5) is 5.95 Å². The number of anilines is 1. The molecule has 232 valence electrons. The smallest absolute Gasteiger partial charge is 0.342 e. The van der Waals surface area contributed by atoms with Crippen molar-refractivity contribution in [3.63, 3.8) is 0 Å². The van der Waals surface area contributed by atoms with Crippen LogP contribution in [0.3, 0.4) is 0 Å². The second-order valence-corrected chi connectivity index (χ2v) is 11.2. The molecule has 0 aliphatic carbocycles. The number of rotatable bonds is 14. The number of ether oxygens (including phenoxy) is 4. The maximum atomic E-state index is 13.9. The summed E-state index contributed by atoms with van der Waals surface area (Å²) in [5.41, 5.74) is 13.9. The highest BCUT2D eigenvalue weighted by molar-refractivity contribution is 7.54. The van der Waals surface area contributed by atoms with Crippen LogP contribution in [-0.4, -0.2) is 93.3 Å². The summed E-state index contributed by atoms with van der Waals surface area (Å²) in [6.45, 7) is 7.06. The molecular weight excluding hydrogens is 579 g/mol. The van der Waals surface area contributed by atoms with E-state index >= 15 is 0 Å². The topological polar surface area (TPSA) is 260 Å². The van der Waals surface area contributed by atoms with Crippen molar-refractivity contribution in [1.29, 1.82) is 0 Å². The zero-order chi connectivity index (χ0) is 31.2. The lowest BCUT2D eigenvalue weighted by atomic mass is 9.93. The van der Waals surface area contributed by atoms with Crippen LogP contribution in [0.15, 0.2) is 11.4 Å². The van der Waals surface area contributed by atoms with Crippen LogP contribution in [0.25, 0.3) is 21.6 Å². The molecule has 0 saturated carbocycles. The van der Waals surface area contributed by atoms with Crippen molar-refractivity contribution in [3.05, 3.63) is 16.8 Å². The predicted molar refractivity (Wildman–Crippen MR) is 146 cm³/mol. The number of carbonyl (C=O) groups is 2. The zero-order valence-electron chi connectivity index (χ0n) is 24.0. The molecule has 19 nitrogen and oxygen atoms in total. The molecule has 0 aromatic carbocycles. The highest BCUT2D eigenvalue weighted by atomic mass is 31.2. The van der Waals surface area contributed by atoms with Gasteiger partial charge in [-0.25, -0.2) is 15.2 Å². The van der Waals surface area contributed by atoms with E-state index < -0.39 is 62.3 Å². The van der Waals surface area contributed by atoms with Gasteiger partial charge in [0.05, 0.1) is 39.4 Å². The summed E-state index contributed by atoms with van der Waals surface area (Å²) < 4.78 is 42.1. The molecule has 0 bridgehead atoms. The SMILES string of the molecule is CCOC(=O)[C@H](C)NP(=O)(N[C@H](C)C(=O)OCC)OC[C@H]1O[C@@H](n2cnc3c(OC)nc(N)nc32)[C@](C)(N=[N+]=[N-])[C@@H]1O. The number of hydrogen-bond donors (Lipinski definition) is 4. The number of esters is 2. The van der Waals surface area contributed by atoms with Crippen LogP contribution >= 0.6 is 7.67 Å². The Kier molecular flexibility index (Phi) is 10.7. The standard InChI is InChI=1S/C22H35N10O9P/c1-7-38-18(34)11(3)28-42(36,29-12(4)19(35)39-8-2)40-9-13-15(33)22(5,30-31-24)20(41-13)32-10-25-14-16(32)26-21(23)27-17(14)37-6/h10-13,15,20,33H,7-9H2,1-6H3,(H2,23,26,27)(H2,28,29,36)/t11-,12+,13-,15-,20-,22-,42?/m1/s1. The maximum Gasteiger partial charge on any atom is 0.342 e. The minimum absolute atomic E-state index is 0.0789. The number of aliphatic hydroxyl groups is 1. The Bertz CT molecular complexity index is 1360. The minimum atomic E-state index is -4.23. The van der Waals surface area contributed by atoms with Crippen molar-refractivity contribution < 1.29 is 42.7 Å². The van der Waals surface area contributed by atoms with Gasteiger partial charge < -0.3 is 34.3 Å². The molecule has 5 N–H and O–H groups in total. The third-order valence-electron chi connectivity index (χ3n) is 6.30. The molecule has 2 aromatic heterocycles. The Hall–Kier alpha value is -3.57. The number of methoxy groups -OCH3 is 1. The van der Waals surface area contributed by atoms with E-state index in [4.69, 9.17) is 29.2 Å². The zero-order valence-corrected chi connectivity index (χ0v) is 24.8. The fourth-order valence-corrected chi connectivity index (χ4v) is 6.05. The molecule has 1 aliphatic heterocycles. The average Bonchev–Trinajstić information content (AvgIpc) is 3.45. The van der Waals surface area contributed by atoms with E-state index in [1.165, 1.54) is 38.8 Å². The minimum Gasteiger partial charge on any atom is -0.479 e. The number of hydrogen-bond acceptors (Lipinski definition) is 14. The molecule has 1 fully saturated rings. The van der Waals surface area contributed by atoms with Gasteiger partial charge in [0.25, 0.3) is 0 Å². The van der Waals surface area contributed by atoms with E-state index in [0.717, 1.165) is 0 Å². The van der Waals surface area contributed by atoms with Gasteiger partial charge in [0.15, 0.2) is 17.4 Å². The van der Waals surface area contributed by atoms with Crippen molar-refractivity contribution >= 4 is 36.7 Å². The molecule has 0 amide bonds. The van der Waals surface area contributed by atoms with Crippen LogP contribution in [0.5, 0.6) is 5.88 Å². The van der Waals surface area contributed by atoms with Gasteiger partial charge in [-0.2, -0.15) is 9.97 Å². The number of fused-ring (bicyclic) bond motifs is 1. The molecule has 2 aromatic rings. The third-order valence-corrected chi connectivity index (χ3v) is 8.26. The molecule has 0 spiro atoms. The Morgan fingerprint density at radius 2 is 1.86 bits per heavy atom. The largest absolute Gasteiger partial charge is 0.479 e. The van der Waals surface area contributed by atoms with E-state index in [0.29, 0.717) is 0 Å². The molecule has 20 heteroatoms. The Morgan fingerprint density at radius 1 is 1.26 bits per heavy atom. The molecule has 1 unspecified atom stereocenters. The number of azide groups is 1. The first-order valence-electron chi connectivity index (χ1n) is 12.9. The summed E-state index contributed by atoms with van der Waals surface area (Å²) in [5, 5.41) is 20.1. The van der Waals surface area contributed by atoms with Crippen LogP contribution in [0.1, 0.15) is 40.8 Å². The summed E-state index contributed by atoms with van der Waals surface area (Å²) >= 11 is 0. The lowest BCUT2D eigenvalue weighted by molar-refractivity contribution is -0.145. The summed E-state index contributed by atoms with van der Waals surface area (Å²) in [4.78, 5) is 39.8. The van der Waals surface area contributed by atoms with Gasteiger partial charge in [0, 0.05) is 4.91 Å². The number of carbonyl (C=O) groups excluding carboxylic acids is 2. The maximum absolute atomic E-state index is 13.9. The first-order valence-corrected chi connectivity index (χ1v) is 14.5. The molecule has 3 rings (SSSR count). The number of aliphatic hydroxyl groups excluding tert-OH is 1. The Morgan fingerprint density at radius 3 is 2.38 bits per heavy atom. The third kappa shape index (κ3) is 6.90. The number of imidazole rings is 1. The van der Waals surface area contributed by atoms with Crippen LogP contribution in [0.2, 0.25) is 0 Å². The van der Waals surface area contributed by atoms with Gasteiger partial charge >= 0.3 is 19.6 Å². The molecule has 42 heavy (non-hydrogen) atoms. The van der Waals surface area contributed by atoms with Gasteiger partial charge in [-0.1, -0.05) is 5.11 Å². The molecule has 7 atom stereocenters. The molecule has 3 heterocycles. The highest BCUT2D eigenvalue weighted by Crippen LogP contribution is 2.46. The van der Waals surface area contributed by atoms with Gasteiger partial charge in [-0.05, 0) is 40.1 Å². The van der Waals surface area contributed by atoms with Crippen LogP contribution < -0.4 is 20.6 Å². The van der Waals surface area contributed by atoms with Gasteiger partial charge in [-0.3, -0.25) is 18.7 Å². The summed E-state index contributed by atoms with van der Waals surface area (Å²) in [6.07, 6.45) is -2.62. The number of nitrogen functional groups attached to an aromatic ring is 1. The first-order chi connectivity index (χ1) is 19.8. The number of nitrogens with one attached hydrogen (secondary N) is 2. The molecular formula is C22H35N10O9P.